The third kappa shape index (κ3) is 4.11. The Labute approximate surface area is 128 Å². The molecule has 0 spiro atoms. The molecule has 1 fully saturated rings. The lowest BCUT2D eigenvalue weighted by Crippen LogP contribution is -2.27. The van der Waals surface area contributed by atoms with E-state index in [1.54, 1.807) is 39.0 Å². The van der Waals surface area contributed by atoms with Crippen LogP contribution in [0.5, 0.6) is 0 Å². The molecule has 0 saturated heterocycles. The van der Waals surface area contributed by atoms with Crippen molar-refractivity contribution >= 4 is 29.4 Å². The summed E-state index contributed by atoms with van der Waals surface area (Å²) in [6.45, 7) is 5.31. The Morgan fingerprint density at radius 1 is 1.38 bits per heavy atom. The fraction of sp³-hybridized carbons (Fsp3) is 0.467. The summed E-state index contributed by atoms with van der Waals surface area (Å²) in [6, 6.07) is 5.05. The number of hydrogen-bond donors (Lipinski definition) is 2. The number of amides is 1. The van der Waals surface area contributed by atoms with Crippen LogP contribution in [0.25, 0.3) is 0 Å². The van der Waals surface area contributed by atoms with Gasteiger partial charge in [0.2, 0.25) is 0 Å². The predicted molar refractivity (Wildman–Crippen MR) is 79.8 cm³/mol. The van der Waals surface area contributed by atoms with Crippen molar-refractivity contribution in [2.75, 3.05) is 5.32 Å². The van der Waals surface area contributed by atoms with Crippen LogP contribution in [0, 0.1) is 5.92 Å². The highest BCUT2D eigenvalue weighted by Crippen LogP contribution is 2.50. The Kier molecular flexibility index (Phi) is 4.14. The normalized spacial score (nSPS) is 20.8. The zero-order chi connectivity index (χ0) is 15.8. The van der Waals surface area contributed by atoms with E-state index in [4.69, 9.17) is 21.4 Å². The van der Waals surface area contributed by atoms with Gasteiger partial charge in [-0.25, -0.2) is 4.79 Å². The number of nitrogens with one attached hydrogen (secondary N) is 1. The molecule has 2 N–H and O–H groups in total. The van der Waals surface area contributed by atoms with Gasteiger partial charge in [-0.15, -0.1) is 0 Å². The lowest BCUT2D eigenvalue weighted by molar-refractivity contribution is -0.138. The van der Waals surface area contributed by atoms with Crippen LogP contribution >= 0.6 is 11.6 Å². The molecule has 2 atom stereocenters. The minimum absolute atomic E-state index is 0.0929. The van der Waals surface area contributed by atoms with Crippen molar-refractivity contribution < 1.29 is 19.4 Å². The largest absolute Gasteiger partial charge is 0.481 e. The minimum atomic E-state index is -0.821. The second kappa shape index (κ2) is 5.56. The van der Waals surface area contributed by atoms with Crippen LogP contribution in [0.3, 0.4) is 0 Å². The van der Waals surface area contributed by atoms with Crippen LogP contribution in [0.4, 0.5) is 10.5 Å². The Bertz CT molecular complexity index is 580. The van der Waals surface area contributed by atoms with E-state index in [0.29, 0.717) is 17.1 Å². The zero-order valence-electron chi connectivity index (χ0n) is 12.1. The van der Waals surface area contributed by atoms with Crippen molar-refractivity contribution in [1.82, 2.24) is 0 Å². The maximum Gasteiger partial charge on any atom is 0.412 e. The average Bonchev–Trinajstić information content (AvgIpc) is 3.06. The maximum absolute atomic E-state index is 11.9. The first-order valence-corrected chi connectivity index (χ1v) is 7.07. The number of rotatable bonds is 3. The van der Waals surface area contributed by atoms with Gasteiger partial charge in [0.1, 0.15) is 5.60 Å². The topological polar surface area (TPSA) is 75.6 Å². The van der Waals surface area contributed by atoms with E-state index in [-0.39, 0.29) is 5.92 Å². The molecule has 0 aromatic heterocycles. The molecule has 0 radical (unpaired) electrons. The van der Waals surface area contributed by atoms with Gasteiger partial charge in [-0.3, -0.25) is 10.1 Å². The smallest absolute Gasteiger partial charge is 0.412 e. The van der Waals surface area contributed by atoms with E-state index in [2.05, 4.69) is 5.32 Å². The quantitative estimate of drug-likeness (QED) is 0.888. The van der Waals surface area contributed by atoms with E-state index >= 15 is 0 Å². The maximum atomic E-state index is 11.9. The molecule has 1 aromatic carbocycles. The second-order valence-electron chi connectivity index (χ2n) is 6.15. The van der Waals surface area contributed by atoms with Crippen molar-refractivity contribution in [2.45, 2.75) is 38.7 Å². The SMILES string of the molecule is CC(C)(C)OC(=O)Nc1cc(Cl)ccc1[C@@H]1C[C@H]1C(=O)O. The highest BCUT2D eigenvalue weighted by Gasteiger charge is 2.45. The van der Waals surface area contributed by atoms with E-state index in [1.165, 1.54) is 0 Å². The van der Waals surface area contributed by atoms with Gasteiger partial charge in [0, 0.05) is 16.6 Å². The molecule has 1 aliphatic rings. The summed E-state index contributed by atoms with van der Waals surface area (Å²) in [6.07, 6.45) is -0.0153. The Balaban J connectivity index is 2.17. The summed E-state index contributed by atoms with van der Waals surface area (Å²) in [4.78, 5) is 22.9. The van der Waals surface area contributed by atoms with Crippen LogP contribution in [0.2, 0.25) is 5.02 Å². The van der Waals surface area contributed by atoms with Gasteiger partial charge in [0.05, 0.1) is 5.92 Å². The van der Waals surface area contributed by atoms with Gasteiger partial charge in [-0.05, 0) is 44.9 Å². The van der Waals surface area contributed by atoms with Crippen LogP contribution in [-0.4, -0.2) is 22.8 Å². The van der Waals surface area contributed by atoms with E-state index < -0.39 is 23.6 Å². The predicted octanol–water partition coefficient (Wildman–Crippen LogP) is 3.88. The number of carboxylic acid groups (broad SMARTS) is 1. The summed E-state index contributed by atoms with van der Waals surface area (Å²) < 4.78 is 5.20. The molecule has 0 heterocycles. The van der Waals surface area contributed by atoms with Gasteiger partial charge in [0.25, 0.3) is 0 Å². The first-order valence-electron chi connectivity index (χ1n) is 6.69. The number of hydrogen-bond acceptors (Lipinski definition) is 3. The summed E-state index contributed by atoms with van der Waals surface area (Å²) >= 11 is 5.95. The summed E-state index contributed by atoms with van der Waals surface area (Å²) in [5, 5.41) is 12.1. The molecule has 1 saturated carbocycles. The molecule has 0 unspecified atom stereocenters. The van der Waals surface area contributed by atoms with Gasteiger partial charge >= 0.3 is 12.1 Å². The van der Waals surface area contributed by atoms with Crippen molar-refractivity contribution in [2.24, 2.45) is 5.92 Å². The molecule has 2 rings (SSSR count). The molecule has 1 aromatic rings. The summed E-state index contributed by atoms with van der Waals surface area (Å²) in [5.41, 5.74) is 0.676. The first kappa shape index (κ1) is 15.6. The summed E-state index contributed by atoms with van der Waals surface area (Å²) in [7, 11) is 0. The van der Waals surface area contributed by atoms with E-state index in [9.17, 15) is 9.59 Å². The van der Waals surface area contributed by atoms with Crippen LogP contribution < -0.4 is 5.32 Å². The molecule has 114 valence electrons. The Hall–Kier alpha value is -1.75. The van der Waals surface area contributed by atoms with Gasteiger partial charge in [0.15, 0.2) is 0 Å². The number of carbonyl (C=O) groups excluding carboxylic acids is 1. The second-order valence-corrected chi connectivity index (χ2v) is 6.58. The van der Waals surface area contributed by atoms with Crippen molar-refractivity contribution in [3.8, 4) is 0 Å². The molecule has 6 heteroatoms. The van der Waals surface area contributed by atoms with E-state index in [1.807, 2.05) is 0 Å². The number of halogens is 1. The number of anilines is 1. The third-order valence-electron chi connectivity index (χ3n) is 3.16. The van der Waals surface area contributed by atoms with Gasteiger partial charge in [-0.2, -0.15) is 0 Å². The molecular weight excluding hydrogens is 294 g/mol. The highest BCUT2D eigenvalue weighted by atomic mass is 35.5. The first-order chi connectivity index (χ1) is 9.67. The average molecular weight is 312 g/mol. The Morgan fingerprint density at radius 2 is 2.05 bits per heavy atom. The lowest BCUT2D eigenvalue weighted by atomic mass is 10.1. The van der Waals surface area contributed by atoms with Gasteiger partial charge < -0.3 is 9.84 Å². The molecule has 21 heavy (non-hydrogen) atoms. The molecule has 0 bridgehead atoms. The minimum Gasteiger partial charge on any atom is -0.481 e. The van der Waals surface area contributed by atoms with E-state index in [0.717, 1.165) is 5.56 Å². The molecule has 0 aliphatic heterocycles. The highest BCUT2D eigenvalue weighted by molar-refractivity contribution is 6.31. The van der Waals surface area contributed by atoms with Crippen molar-refractivity contribution in [3.63, 3.8) is 0 Å². The zero-order valence-corrected chi connectivity index (χ0v) is 12.9. The molecule has 1 aliphatic carbocycles. The molecule has 5 nitrogen and oxygen atoms in total. The van der Waals surface area contributed by atoms with Crippen LogP contribution in [0.15, 0.2) is 18.2 Å². The molecular formula is C15H18ClNO4. The van der Waals surface area contributed by atoms with Crippen molar-refractivity contribution in [3.05, 3.63) is 28.8 Å². The fourth-order valence-corrected chi connectivity index (χ4v) is 2.36. The molecule has 1 amide bonds. The number of aliphatic carboxylic acids is 1. The lowest BCUT2D eigenvalue weighted by Gasteiger charge is -2.20. The third-order valence-corrected chi connectivity index (χ3v) is 3.39. The fourth-order valence-electron chi connectivity index (χ4n) is 2.19. The Morgan fingerprint density at radius 3 is 2.57 bits per heavy atom. The van der Waals surface area contributed by atoms with Crippen molar-refractivity contribution in [1.29, 1.82) is 0 Å². The number of benzene rings is 1. The van der Waals surface area contributed by atoms with Crippen LogP contribution in [0.1, 0.15) is 38.7 Å². The number of ether oxygens (including phenoxy) is 1. The summed E-state index contributed by atoms with van der Waals surface area (Å²) in [5.74, 6) is -1.31. The standard InChI is InChI=1S/C15H18ClNO4/c1-15(2,3)21-14(20)17-12-6-8(16)4-5-9(12)10-7-11(10)13(18)19/h4-6,10-11H,7H2,1-3H3,(H,17,20)(H,18,19)/t10-,11+/m0/s1. The number of carbonyl (C=O) groups is 2. The monoisotopic (exact) mass is 311 g/mol. The number of carboxylic acids is 1. The van der Waals surface area contributed by atoms with Crippen LogP contribution in [-0.2, 0) is 9.53 Å². The van der Waals surface area contributed by atoms with Gasteiger partial charge in [-0.1, -0.05) is 17.7 Å².